The molecule has 0 amide bonds. The van der Waals surface area contributed by atoms with E-state index < -0.39 is 0 Å². The molecule has 2 heterocycles. The van der Waals surface area contributed by atoms with Crippen molar-refractivity contribution in [1.29, 1.82) is 0 Å². The number of hydrogen-bond acceptors (Lipinski definition) is 2. The Kier molecular flexibility index (Phi) is 6.17. The van der Waals surface area contributed by atoms with Gasteiger partial charge in [-0.1, -0.05) is 60.2 Å². The molecule has 4 aromatic rings. The van der Waals surface area contributed by atoms with Gasteiger partial charge in [-0.05, 0) is 95.6 Å². The number of rotatable bonds is 5. The van der Waals surface area contributed by atoms with Crippen molar-refractivity contribution >= 4 is 46.0 Å². The second-order valence-corrected chi connectivity index (χ2v) is 9.67. The maximum Gasteiger partial charge on any atom is 0.0348 e. The first-order chi connectivity index (χ1) is 14.5. The lowest BCUT2D eigenvalue weighted by Crippen LogP contribution is -1.91. The van der Waals surface area contributed by atoms with E-state index in [2.05, 4.69) is 111 Å². The molecule has 0 aliphatic carbocycles. The zero-order chi connectivity index (χ0) is 21.1. The Hall–Kier alpha value is -2.68. The molecule has 0 saturated heterocycles. The summed E-state index contributed by atoms with van der Waals surface area (Å²) >= 11 is 3.59. The summed E-state index contributed by atoms with van der Waals surface area (Å²) in [6, 6.07) is 22.1. The van der Waals surface area contributed by atoms with E-state index >= 15 is 0 Å². The van der Waals surface area contributed by atoms with Crippen LogP contribution in [0.2, 0.25) is 0 Å². The molecule has 2 heteroatoms. The van der Waals surface area contributed by atoms with Gasteiger partial charge in [0, 0.05) is 9.75 Å². The predicted octanol–water partition coefficient (Wildman–Crippen LogP) is 8.88. The van der Waals surface area contributed by atoms with Crippen molar-refractivity contribution in [2.45, 2.75) is 27.7 Å². The van der Waals surface area contributed by atoms with Gasteiger partial charge < -0.3 is 0 Å². The van der Waals surface area contributed by atoms with Gasteiger partial charge in [-0.15, -0.1) is 22.7 Å². The first kappa shape index (κ1) is 20.6. The highest BCUT2D eigenvalue weighted by Crippen LogP contribution is 2.32. The van der Waals surface area contributed by atoms with Gasteiger partial charge in [0.2, 0.25) is 0 Å². The third kappa shape index (κ3) is 4.56. The van der Waals surface area contributed by atoms with Crippen LogP contribution in [0.1, 0.15) is 50.1 Å². The van der Waals surface area contributed by atoms with E-state index in [4.69, 9.17) is 0 Å². The molecule has 0 unspecified atom stereocenters. The number of aryl methyl sites for hydroxylation is 3. The van der Waals surface area contributed by atoms with Gasteiger partial charge in [0.15, 0.2) is 0 Å². The normalized spacial score (nSPS) is 12.4. The summed E-state index contributed by atoms with van der Waals surface area (Å²) < 4.78 is 0. The Labute approximate surface area is 187 Å². The van der Waals surface area contributed by atoms with Crippen LogP contribution in [0.3, 0.4) is 0 Å². The van der Waals surface area contributed by atoms with Crippen molar-refractivity contribution in [2.75, 3.05) is 0 Å². The highest BCUT2D eigenvalue weighted by molar-refractivity contribution is 7.11. The van der Waals surface area contributed by atoms with Crippen LogP contribution in [0.25, 0.3) is 23.3 Å². The molecule has 0 spiro atoms. The van der Waals surface area contributed by atoms with Crippen molar-refractivity contribution in [3.8, 4) is 0 Å². The summed E-state index contributed by atoms with van der Waals surface area (Å²) in [6.45, 7) is 8.75. The SMILES string of the molecule is C/C(=C/c1cc(C)c(/C=C(/c2ccc(C)cc2)c2cccs2)cc1C)c1cccs1. The van der Waals surface area contributed by atoms with E-state index in [-0.39, 0.29) is 0 Å². The molecule has 2 aromatic heterocycles. The molecular weight excluding hydrogens is 400 g/mol. The Morgan fingerprint density at radius 2 is 1.27 bits per heavy atom. The summed E-state index contributed by atoms with van der Waals surface area (Å²) in [5.74, 6) is 0. The average Bonchev–Trinajstić information content (AvgIpc) is 3.44. The maximum atomic E-state index is 2.35. The fourth-order valence-electron chi connectivity index (χ4n) is 3.60. The minimum atomic E-state index is 1.26. The van der Waals surface area contributed by atoms with Gasteiger partial charge in [0.05, 0.1) is 0 Å². The number of allylic oxidation sites excluding steroid dienone is 1. The molecule has 4 rings (SSSR count). The van der Waals surface area contributed by atoms with Crippen LogP contribution in [0.15, 0.2) is 71.4 Å². The smallest absolute Gasteiger partial charge is 0.0348 e. The number of thiophene rings is 2. The fourth-order valence-corrected chi connectivity index (χ4v) is 5.07. The van der Waals surface area contributed by atoms with Gasteiger partial charge in [0.25, 0.3) is 0 Å². The highest BCUT2D eigenvalue weighted by atomic mass is 32.1. The molecule has 0 aliphatic heterocycles. The van der Waals surface area contributed by atoms with Crippen molar-refractivity contribution in [3.63, 3.8) is 0 Å². The molecule has 0 fully saturated rings. The van der Waals surface area contributed by atoms with Crippen LogP contribution in [-0.2, 0) is 0 Å². The van der Waals surface area contributed by atoms with E-state index in [1.54, 1.807) is 22.7 Å². The summed E-state index contributed by atoms with van der Waals surface area (Å²) in [7, 11) is 0. The molecule has 0 atom stereocenters. The quantitative estimate of drug-likeness (QED) is 0.279. The molecule has 0 bridgehead atoms. The minimum absolute atomic E-state index is 1.26. The van der Waals surface area contributed by atoms with E-state index in [1.807, 2.05) is 0 Å². The largest absolute Gasteiger partial charge is 0.144 e. The topological polar surface area (TPSA) is 0 Å². The average molecular weight is 427 g/mol. The van der Waals surface area contributed by atoms with Crippen LogP contribution in [0.5, 0.6) is 0 Å². The van der Waals surface area contributed by atoms with Gasteiger partial charge >= 0.3 is 0 Å². The van der Waals surface area contributed by atoms with Crippen molar-refractivity contribution < 1.29 is 0 Å². The van der Waals surface area contributed by atoms with Gasteiger partial charge in [0.1, 0.15) is 0 Å². The molecule has 30 heavy (non-hydrogen) atoms. The second-order valence-electron chi connectivity index (χ2n) is 7.77. The van der Waals surface area contributed by atoms with Crippen molar-refractivity contribution in [2.24, 2.45) is 0 Å². The van der Waals surface area contributed by atoms with Crippen LogP contribution in [0.4, 0.5) is 0 Å². The number of benzene rings is 2. The van der Waals surface area contributed by atoms with Gasteiger partial charge in [-0.2, -0.15) is 0 Å². The first-order valence-electron chi connectivity index (χ1n) is 10.2. The molecular formula is C28H26S2. The number of hydrogen-bond donors (Lipinski definition) is 0. The van der Waals surface area contributed by atoms with E-state index in [9.17, 15) is 0 Å². The zero-order valence-electron chi connectivity index (χ0n) is 17.9. The summed E-state index contributed by atoms with van der Waals surface area (Å²) in [5, 5.41) is 4.28. The Balaban J connectivity index is 1.77. The van der Waals surface area contributed by atoms with Gasteiger partial charge in [-0.25, -0.2) is 0 Å². The third-order valence-electron chi connectivity index (χ3n) is 5.39. The lowest BCUT2D eigenvalue weighted by molar-refractivity contribution is 1.35. The second kappa shape index (κ2) is 8.99. The molecule has 0 aliphatic rings. The van der Waals surface area contributed by atoms with E-state index in [0.29, 0.717) is 0 Å². The van der Waals surface area contributed by atoms with Crippen molar-refractivity contribution in [1.82, 2.24) is 0 Å². The highest BCUT2D eigenvalue weighted by Gasteiger charge is 2.09. The van der Waals surface area contributed by atoms with Crippen LogP contribution >= 0.6 is 22.7 Å². The Bertz CT molecular complexity index is 1190. The lowest BCUT2D eigenvalue weighted by Gasteiger charge is -2.12. The third-order valence-corrected chi connectivity index (χ3v) is 7.29. The zero-order valence-corrected chi connectivity index (χ0v) is 19.5. The van der Waals surface area contributed by atoms with Crippen LogP contribution < -0.4 is 0 Å². The summed E-state index contributed by atoms with van der Waals surface area (Å²) in [6.07, 6.45) is 4.65. The first-order valence-corrected chi connectivity index (χ1v) is 11.9. The van der Waals surface area contributed by atoms with Crippen LogP contribution in [0, 0.1) is 20.8 Å². The standard InChI is InChI=1S/C28H26S2/c1-19-9-11-23(12-10-19)26(28-8-6-14-30-28)18-25-16-20(2)24(15-21(25)3)17-22(4)27-7-5-13-29-27/h5-18H,1-4H3/b22-17-,26-18-. The monoisotopic (exact) mass is 426 g/mol. The Morgan fingerprint density at radius 1 is 0.700 bits per heavy atom. The maximum absolute atomic E-state index is 2.35. The lowest BCUT2D eigenvalue weighted by atomic mass is 9.94. The molecule has 0 nitrogen and oxygen atoms in total. The summed E-state index contributed by atoms with van der Waals surface area (Å²) in [4.78, 5) is 2.63. The fraction of sp³-hybridized carbons (Fsp3) is 0.143. The molecule has 0 saturated carbocycles. The van der Waals surface area contributed by atoms with E-state index in [1.165, 1.54) is 54.3 Å². The Morgan fingerprint density at radius 3 is 1.83 bits per heavy atom. The molecule has 0 N–H and O–H groups in total. The predicted molar refractivity (Wildman–Crippen MR) is 136 cm³/mol. The molecule has 150 valence electrons. The van der Waals surface area contributed by atoms with Crippen LogP contribution in [-0.4, -0.2) is 0 Å². The molecule has 2 aromatic carbocycles. The van der Waals surface area contributed by atoms with Gasteiger partial charge in [-0.3, -0.25) is 0 Å². The minimum Gasteiger partial charge on any atom is -0.144 e. The summed E-state index contributed by atoms with van der Waals surface area (Å²) in [5.41, 5.74) is 10.3. The van der Waals surface area contributed by atoms with Crippen molar-refractivity contribution in [3.05, 3.63) is 115 Å². The molecule has 0 radical (unpaired) electrons. The van der Waals surface area contributed by atoms with E-state index in [0.717, 1.165) is 0 Å².